The second kappa shape index (κ2) is 8.58. The Balaban J connectivity index is 1.31. The summed E-state index contributed by atoms with van der Waals surface area (Å²) in [5, 5.41) is 7.65. The molecule has 0 radical (unpaired) electrons. The van der Waals surface area contributed by atoms with Gasteiger partial charge in [-0.05, 0) is 30.5 Å². The van der Waals surface area contributed by atoms with Gasteiger partial charge in [0.1, 0.15) is 17.5 Å². The van der Waals surface area contributed by atoms with Gasteiger partial charge < -0.3 is 5.32 Å². The van der Waals surface area contributed by atoms with Gasteiger partial charge >= 0.3 is 0 Å². The van der Waals surface area contributed by atoms with Crippen molar-refractivity contribution in [2.75, 3.05) is 0 Å². The summed E-state index contributed by atoms with van der Waals surface area (Å²) in [5.41, 5.74) is 3.00. The van der Waals surface area contributed by atoms with Crippen molar-refractivity contribution >= 4 is 27.5 Å². The van der Waals surface area contributed by atoms with Crippen LogP contribution < -0.4 is 10.9 Å². The molecule has 1 amide bonds. The van der Waals surface area contributed by atoms with Crippen LogP contribution >= 0.6 is 11.3 Å². The van der Waals surface area contributed by atoms with Crippen LogP contribution in [0.1, 0.15) is 28.0 Å². The first-order chi connectivity index (χ1) is 14.5. The summed E-state index contributed by atoms with van der Waals surface area (Å²) < 4.78 is 3.27. The van der Waals surface area contributed by atoms with Crippen LogP contribution in [0.25, 0.3) is 10.2 Å². The number of carbonyl (C=O) groups excluding carboxylic acids is 1. The van der Waals surface area contributed by atoms with E-state index in [9.17, 15) is 9.59 Å². The van der Waals surface area contributed by atoms with Crippen molar-refractivity contribution in [3.8, 4) is 0 Å². The number of aryl methyl sites for hydroxylation is 3. The van der Waals surface area contributed by atoms with Crippen molar-refractivity contribution in [2.45, 2.75) is 39.9 Å². The number of nitrogens with one attached hydrogen (secondary N) is 1. The van der Waals surface area contributed by atoms with E-state index in [0.29, 0.717) is 25.0 Å². The first-order valence-electron chi connectivity index (χ1n) is 9.63. The van der Waals surface area contributed by atoms with Crippen molar-refractivity contribution in [3.05, 3.63) is 75.2 Å². The van der Waals surface area contributed by atoms with Crippen molar-refractivity contribution in [1.29, 1.82) is 0 Å². The molecule has 3 aromatic heterocycles. The average Bonchev–Trinajstić information content (AvgIpc) is 3.35. The molecule has 0 aliphatic rings. The summed E-state index contributed by atoms with van der Waals surface area (Å²) in [6, 6.07) is 7.98. The molecule has 0 spiro atoms. The molecular weight excluding hydrogens is 400 g/mol. The van der Waals surface area contributed by atoms with Crippen LogP contribution in [0, 0.1) is 13.8 Å². The fourth-order valence-electron chi connectivity index (χ4n) is 3.20. The second-order valence-electron chi connectivity index (χ2n) is 7.14. The number of amides is 1. The molecule has 3 heterocycles. The maximum atomic E-state index is 12.7. The van der Waals surface area contributed by atoms with Gasteiger partial charge in [-0.1, -0.05) is 24.3 Å². The van der Waals surface area contributed by atoms with Gasteiger partial charge in [0.2, 0.25) is 5.91 Å². The molecule has 8 nitrogen and oxygen atoms in total. The van der Waals surface area contributed by atoms with Crippen LogP contribution in [0.5, 0.6) is 0 Å². The standard InChI is InChI=1S/C21H22N6O2S/c1-14-15(2)30-20-19(14)21(29)26(13-24-20)8-7-18(28)23-9-16-3-5-17(6-4-16)10-27-12-22-11-25-27/h3-6,11-13H,7-10H2,1-2H3,(H,23,28). The van der Waals surface area contributed by atoms with Gasteiger partial charge in [-0.2, -0.15) is 5.10 Å². The number of thiophene rings is 1. The highest BCUT2D eigenvalue weighted by atomic mass is 32.1. The molecule has 154 valence electrons. The Morgan fingerprint density at radius 3 is 2.63 bits per heavy atom. The largest absolute Gasteiger partial charge is 0.352 e. The van der Waals surface area contributed by atoms with Crippen LogP contribution in [0.4, 0.5) is 0 Å². The van der Waals surface area contributed by atoms with Gasteiger partial charge in [-0.25, -0.2) is 14.6 Å². The number of hydrogen-bond donors (Lipinski definition) is 1. The molecule has 0 unspecified atom stereocenters. The van der Waals surface area contributed by atoms with Gasteiger partial charge in [0, 0.05) is 24.4 Å². The van der Waals surface area contributed by atoms with Crippen LogP contribution in [-0.2, 0) is 24.4 Å². The second-order valence-corrected chi connectivity index (χ2v) is 8.35. The molecule has 0 aliphatic carbocycles. The van der Waals surface area contributed by atoms with Crippen LogP contribution in [0.15, 0.2) is 48.0 Å². The number of aromatic nitrogens is 5. The van der Waals surface area contributed by atoms with Gasteiger partial charge in [0.15, 0.2) is 0 Å². The molecule has 4 aromatic rings. The normalized spacial score (nSPS) is 11.1. The maximum Gasteiger partial charge on any atom is 0.262 e. The van der Waals surface area contributed by atoms with E-state index in [1.165, 1.54) is 28.6 Å². The Kier molecular flexibility index (Phi) is 5.71. The van der Waals surface area contributed by atoms with Gasteiger partial charge in [-0.3, -0.25) is 14.2 Å². The van der Waals surface area contributed by atoms with E-state index >= 15 is 0 Å². The van der Waals surface area contributed by atoms with E-state index in [2.05, 4.69) is 20.4 Å². The summed E-state index contributed by atoms with van der Waals surface area (Å²) in [6.07, 6.45) is 4.93. The lowest BCUT2D eigenvalue weighted by atomic mass is 10.1. The molecule has 30 heavy (non-hydrogen) atoms. The van der Waals surface area contributed by atoms with Gasteiger partial charge in [0.05, 0.1) is 18.3 Å². The molecule has 1 N–H and O–H groups in total. The Labute approximate surface area is 177 Å². The third-order valence-electron chi connectivity index (χ3n) is 5.06. The van der Waals surface area contributed by atoms with E-state index in [-0.39, 0.29) is 17.9 Å². The molecule has 0 bridgehead atoms. The Bertz CT molecular complexity index is 1230. The Morgan fingerprint density at radius 2 is 1.90 bits per heavy atom. The van der Waals surface area contributed by atoms with E-state index in [1.807, 2.05) is 38.1 Å². The zero-order valence-electron chi connectivity index (χ0n) is 16.8. The number of hydrogen-bond acceptors (Lipinski definition) is 6. The van der Waals surface area contributed by atoms with Gasteiger partial charge in [0.25, 0.3) is 5.56 Å². The minimum absolute atomic E-state index is 0.0855. The maximum absolute atomic E-state index is 12.7. The first kappa shape index (κ1) is 20.0. The summed E-state index contributed by atoms with van der Waals surface area (Å²) in [7, 11) is 0. The predicted molar refractivity (Wildman–Crippen MR) is 115 cm³/mol. The van der Waals surface area contributed by atoms with Crippen molar-refractivity contribution < 1.29 is 4.79 Å². The van der Waals surface area contributed by atoms with Crippen LogP contribution in [0.3, 0.4) is 0 Å². The molecule has 0 atom stereocenters. The SMILES string of the molecule is Cc1sc2ncn(CCC(=O)NCc3ccc(Cn4cncn4)cc3)c(=O)c2c1C. The number of fused-ring (bicyclic) bond motifs is 1. The van der Waals surface area contributed by atoms with Gasteiger partial charge in [-0.15, -0.1) is 11.3 Å². The molecule has 1 aromatic carbocycles. The fraction of sp³-hybridized carbons (Fsp3) is 0.286. The van der Waals surface area contributed by atoms with Crippen LogP contribution in [-0.4, -0.2) is 30.2 Å². The van der Waals surface area contributed by atoms with Crippen molar-refractivity contribution in [3.63, 3.8) is 0 Å². The molecule has 0 fully saturated rings. The molecule has 0 aliphatic heterocycles. The molecule has 4 rings (SSSR count). The highest BCUT2D eigenvalue weighted by molar-refractivity contribution is 7.18. The Hall–Kier alpha value is -3.33. The summed E-state index contributed by atoms with van der Waals surface area (Å²) in [4.78, 5) is 35.1. The van der Waals surface area contributed by atoms with E-state index in [4.69, 9.17) is 0 Å². The van der Waals surface area contributed by atoms with Crippen molar-refractivity contribution in [2.24, 2.45) is 0 Å². The average molecular weight is 423 g/mol. The smallest absolute Gasteiger partial charge is 0.262 e. The van der Waals surface area contributed by atoms with Crippen LogP contribution in [0.2, 0.25) is 0 Å². The number of rotatable bonds is 7. The summed E-state index contributed by atoms with van der Waals surface area (Å²) in [5.74, 6) is -0.105. The van der Waals surface area contributed by atoms with E-state index in [0.717, 1.165) is 26.4 Å². The number of nitrogens with zero attached hydrogens (tertiary/aromatic N) is 5. The summed E-state index contributed by atoms with van der Waals surface area (Å²) >= 11 is 1.52. The lowest BCUT2D eigenvalue weighted by Gasteiger charge is -2.08. The molecular formula is C21H22N6O2S. The predicted octanol–water partition coefficient (Wildman–Crippen LogP) is 2.42. The Morgan fingerprint density at radius 1 is 1.13 bits per heavy atom. The minimum atomic E-state index is -0.105. The topological polar surface area (TPSA) is 94.7 Å². The van der Waals surface area contributed by atoms with E-state index < -0.39 is 0 Å². The number of benzene rings is 1. The molecule has 0 saturated carbocycles. The first-order valence-corrected chi connectivity index (χ1v) is 10.4. The minimum Gasteiger partial charge on any atom is -0.352 e. The lowest BCUT2D eigenvalue weighted by Crippen LogP contribution is -2.27. The highest BCUT2D eigenvalue weighted by Crippen LogP contribution is 2.25. The molecule has 9 heteroatoms. The third-order valence-corrected chi connectivity index (χ3v) is 6.17. The summed E-state index contributed by atoms with van der Waals surface area (Å²) in [6.45, 7) is 5.32. The monoisotopic (exact) mass is 422 g/mol. The molecule has 0 saturated heterocycles. The van der Waals surface area contributed by atoms with E-state index in [1.54, 1.807) is 11.0 Å². The van der Waals surface area contributed by atoms with Crippen molar-refractivity contribution in [1.82, 2.24) is 29.6 Å². The third kappa shape index (κ3) is 4.30. The fourth-order valence-corrected chi connectivity index (χ4v) is 4.19. The highest BCUT2D eigenvalue weighted by Gasteiger charge is 2.12. The zero-order chi connectivity index (χ0) is 21.1. The zero-order valence-corrected chi connectivity index (χ0v) is 17.6. The number of carbonyl (C=O) groups is 1. The lowest BCUT2D eigenvalue weighted by molar-refractivity contribution is -0.121. The quantitative estimate of drug-likeness (QED) is 0.494.